The lowest BCUT2D eigenvalue weighted by Gasteiger charge is -1.83. The number of nitrogens with two attached hydrogens (primary N) is 1. The molecule has 0 unspecified atom stereocenters. The molecule has 4 heteroatoms. The standard InChI is InChI=1S/C4H7N3O/c1-2-3(5)4(8)7-6-2/h5H2,1H3,(H2,6,7,8). The molecule has 0 aliphatic heterocycles. The van der Waals surface area contributed by atoms with Crippen molar-refractivity contribution in [3.8, 4) is 5.88 Å². The van der Waals surface area contributed by atoms with Gasteiger partial charge in [0.05, 0.1) is 5.69 Å². The number of anilines is 1. The van der Waals surface area contributed by atoms with Crippen LogP contribution in [0.4, 0.5) is 5.69 Å². The number of nitrogens with zero attached hydrogens (tertiary/aromatic N) is 1. The average Bonchev–Trinajstić information content (AvgIpc) is 1.98. The second-order valence-electron chi connectivity index (χ2n) is 1.57. The summed E-state index contributed by atoms with van der Waals surface area (Å²) < 4.78 is 0. The molecule has 0 atom stereocenters. The number of aryl methyl sites for hydroxylation is 1. The van der Waals surface area contributed by atoms with Crippen molar-refractivity contribution in [2.75, 3.05) is 5.73 Å². The Labute approximate surface area is 46.3 Å². The van der Waals surface area contributed by atoms with Gasteiger partial charge in [0.25, 0.3) is 0 Å². The van der Waals surface area contributed by atoms with E-state index in [1.807, 2.05) is 0 Å². The molecule has 0 radical (unpaired) electrons. The molecule has 4 nitrogen and oxygen atoms in total. The fourth-order valence-electron chi connectivity index (χ4n) is 0.429. The predicted octanol–water partition coefficient (Wildman–Crippen LogP) is 0.00592. The molecule has 0 saturated heterocycles. The minimum absolute atomic E-state index is 0.0532. The van der Waals surface area contributed by atoms with Crippen LogP contribution in [0, 0.1) is 6.92 Å². The van der Waals surface area contributed by atoms with Crippen molar-refractivity contribution in [1.29, 1.82) is 0 Å². The third kappa shape index (κ3) is 0.501. The van der Waals surface area contributed by atoms with E-state index < -0.39 is 0 Å². The summed E-state index contributed by atoms with van der Waals surface area (Å²) in [4.78, 5) is 0. The SMILES string of the molecule is Cc1n[nH]c(O)c1N. The zero-order valence-electron chi connectivity index (χ0n) is 4.47. The molecule has 1 aromatic heterocycles. The van der Waals surface area contributed by atoms with E-state index >= 15 is 0 Å². The summed E-state index contributed by atoms with van der Waals surface area (Å²) in [5, 5.41) is 14.6. The van der Waals surface area contributed by atoms with E-state index in [0.29, 0.717) is 11.4 Å². The number of rotatable bonds is 0. The first-order chi connectivity index (χ1) is 3.72. The van der Waals surface area contributed by atoms with Gasteiger partial charge in [-0.2, -0.15) is 5.10 Å². The summed E-state index contributed by atoms with van der Waals surface area (Å²) in [5.41, 5.74) is 6.21. The third-order valence-electron chi connectivity index (χ3n) is 0.974. The normalized spacial score (nSPS) is 9.62. The second kappa shape index (κ2) is 1.40. The van der Waals surface area contributed by atoms with Crippen LogP contribution in [0.1, 0.15) is 5.69 Å². The smallest absolute Gasteiger partial charge is 0.230 e. The molecular weight excluding hydrogens is 106 g/mol. The minimum atomic E-state index is -0.0532. The number of aromatic amines is 1. The van der Waals surface area contributed by atoms with Crippen molar-refractivity contribution in [3.63, 3.8) is 0 Å². The van der Waals surface area contributed by atoms with E-state index in [4.69, 9.17) is 10.8 Å². The van der Waals surface area contributed by atoms with E-state index in [0.717, 1.165) is 0 Å². The molecule has 0 spiro atoms. The molecule has 0 bridgehead atoms. The van der Waals surface area contributed by atoms with Gasteiger partial charge in [-0.25, -0.2) is 5.10 Å². The van der Waals surface area contributed by atoms with Crippen molar-refractivity contribution in [2.24, 2.45) is 0 Å². The van der Waals surface area contributed by atoms with Crippen LogP contribution in [0.15, 0.2) is 0 Å². The number of H-pyrrole nitrogens is 1. The highest BCUT2D eigenvalue weighted by molar-refractivity contribution is 5.50. The van der Waals surface area contributed by atoms with Crippen molar-refractivity contribution >= 4 is 5.69 Å². The van der Waals surface area contributed by atoms with Gasteiger partial charge in [-0.1, -0.05) is 0 Å². The number of hydrogen-bond donors (Lipinski definition) is 3. The van der Waals surface area contributed by atoms with Crippen LogP contribution in [0.5, 0.6) is 5.88 Å². The molecule has 0 fully saturated rings. The maximum atomic E-state index is 8.70. The first-order valence-corrected chi connectivity index (χ1v) is 2.21. The van der Waals surface area contributed by atoms with E-state index in [-0.39, 0.29) is 5.88 Å². The van der Waals surface area contributed by atoms with Gasteiger partial charge in [0.2, 0.25) is 5.88 Å². The summed E-state index contributed by atoms with van der Waals surface area (Å²) in [6.07, 6.45) is 0. The molecule has 1 aromatic rings. The Balaban J connectivity index is 3.19. The lowest BCUT2D eigenvalue weighted by molar-refractivity contribution is 0.454. The minimum Gasteiger partial charge on any atom is -0.492 e. The van der Waals surface area contributed by atoms with Crippen molar-refractivity contribution < 1.29 is 5.11 Å². The molecule has 1 heterocycles. The van der Waals surface area contributed by atoms with Crippen LogP contribution in [-0.4, -0.2) is 15.3 Å². The molecule has 0 amide bonds. The maximum absolute atomic E-state index is 8.70. The van der Waals surface area contributed by atoms with Crippen LogP contribution < -0.4 is 5.73 Å². The highest BCUT2D eigenvalue weighted by Gasteiger charge is 2.00. The van der Waals surface area contributed by atoms with Crippen LogP contribution in [0.25, 0.3) is 0 Å². The summed E-state index contributed by atoms with van der Waals surface area (Å²) in [7, 11) is 0. The van der Waals surface area contributed by atoms with Gasteiger partial charge in [0, 0.05) is 0 Å². The Kier molecular flexibility index (Phi) is 0.865. The van der Waals surface area contributed by atoms with Gasteiger partial charge in [-0.05, 0) is 6.92 Å². The molecule has 1 rings (SSSR count). The molecule has 0 aliphatic carbocycles. The number of nitrogen functional groups attached to an aromatic ring is 1. The Hall–Kier alpha value is -1.19. The topological polar surface area (TPSA) is 74.9 Å². The highest BCUT2D eigenvalue weighted by Crippen LogP contribution is 2.17. The Bertz CT molecular complexity index is 174. The molecule has 0 aromatic carbocycles. The van der Waals surface area contributed by atoms with Gasteiger partial charge in [-0.15, -0.1) is 0 Å². The van der Waals surface area contributed by atoms with Crippen molar-refractivity contribution in [1.82, 2.24) is 10.2 Å². The average molecular weight is 113 g/mol. The summed E-state index contributed by atoms with van der Waals surface area (Å²) in [6, 6.07) is 0. The highest BCUT2D eigenvalue weighted by atomic mass is 16.3. The van der Waals surface area contributed by atoms with Gasteiger partial charge in [0.1, 0.15) is 5.69 Å². The van der Waals surface area contributed by atoms with Crippen LogP contribution in [-0.2, 0) is 0 Å². The van der Waals surface area contributed by atoms with E-state index in [1.54, 1.807) is 6.92 Å². The summed E-state index contributed by atoms with van der Waals surface area (Å²) >= 11 is 0. The van der Waals surface area contributed by atoms with E-state index in [2.05, 4.69) is 10.2 Å². The summed E-state index contributed by atoms with van der Waals surface area (Å²) in [5.74, 6) is -0.0532. The largest absolute Gasteiger partial charge is 0.492 e. The predicted molar refractivity (Wildman–Crippen MR) is 29.4 cm³/mol. The number of nitrogens with one attached hydrogen (secondary N) is 1. The second-order valence-corrected chi connectivity index (χ2v) is 1.57. The van der Waals surface area contributed by atoms with Crippen LogP contribution in [0.2, 0.25) is 0 Å². The fourth-order valence-corrected chi connectivity index (χ4v) is 0.429. The van der Waals surface area contributed by atoms with Gasteiger partial charge < -0.3 is 10.8 Å². The monoisotopic (exact) mass is 113 g/mol. The molecule has 0 aliphatic rings. The lowest BCUT2D eigenvalue weighted by Crippen LogP contribution is -1.83. The van der Waals surface area contributed by atoms with Gasteiger partial charge >= 0.3 is 0 Å². The molecule has 4 N–H and O–H groups in total. The lowest BCUT2D eigenvalue weighted by atomic mass is 10.4. The fraction of sp³-hybridized carbons (Fsp3) is 0.250. The molecule has 0 saturated carbocycles. The number of aromatic nitrogens is 2. The van der Waals surface area contributed by atoms with E-state index in [9.17, 15) is 0 Å². The van der Waals surface area contributed by atoms with Gasteiger partial charge in [0.15, 0.2) is 0 Å². The molecule has 8 heavy (non-hydrogen) atoms. The Morgan fingerprint density at radius 3 is 2.50 bits per heavy atom. The zero-order valence-corrected chi connectivity index (χ0v) is 4.47. The molecule has 44 valence electrons. The van der Waals surface area contributed by atoms with Crippen LogP contribution in [0.3, 0.4) is 0 Å². The first-order valence-electron chi connectivity index (χ1n) is 2.21. The van der Waals surface area contributed by atoms with E-state index in [1.165, 1.54) is 0 Å². The van der Waals surface area contributed by atoms with Crippen LogP contribution >= 0.6 is 0 Å². The molecular formula is C4H7N3O. The number of hydrogen-bond acceptors (Lipinski definition) is 3. The quantitative estimate of drug-likeness (QED) is 0.443. The van der Waals surface area contributed by atoms with Gasteiger partial charge in [-0.3, -0.25) is 0 Å². The Morgan fingerprint density at radius 2 is 2.38 bits per heavy atom. The maximum Gasteiger partial charge on any atom is 0.230 e. The Morgan fingerprint density at radius 1 is 1.75 bits per heavy atom. The third-order valence-corrected chi connectivity index (χ3v) is 0.974. The van der Waals surface area contributed by atoms with Crippen molar-refractivity contribution in [3.05, 3.63) is 5.69 Å². The number of aromatic hydroxyl groups is 1. The first kappa shape index (κ1) is 4.96. The summed E-state index contributed by atoms with van der Waals surface area (Å²) in [6.45, 7) is 1.71. The zero-order chi connectivity index (χ0) is 6.15. The van der Waals surface area contributed by atoms with Crippen molar-refractivity contribution in [2.45, 2.75) is 6.92 Å².